The molecule has 2 rings (SSSR count). The van der Waals surface area contributed by atoms with Crippen molar-refractivity contribution < 1.29 is 4.84 Å². The number of piperidine rings is 1. The molecular formula is C6H14N2O. The van der Waals surface area contributed by atoms with Crippen molar-refractivity contribution in [3.05, 3.63) is 0 Å². The minimum absolute atomic E-state index is 0.750. The number of rotatable bonds is 0. The standard InChI is InChI=1S/C5H11N.CH3NO/c1-2-4-6-5-3-1;1-2-3-1/h6H,1-5H2;2H,1H2. The zero-order chi connectivity index (χ0) is 6.36. The Labute approximate surface area is 55.7 Å². The average molecular weight is 130 g/mol. The van der Waals surface area contributed by atoms with Crippen LogP contribution in [0.3, 0.4) is 0 Å². The quantitative estimate of drug-likeness (QED) is 0.462. The van der Waals surface area contributed by atoms with Crippen LogP contribution in [0.25, 0.3) is 0 Å². The Hall–Kier alpha value is -0.120. The third-order valence-electron chi connectivity index (χ3n) is 1.35. The Balaban J connectivity index is 0.000000112. The van der Waals surface area contributed by atoms with Crippen molar-refractivity contribution in [1.29, 1.82) is 0 Å². The van der Waals surface area contributed by atoms with E-state index in [-0.39, 0.29) is 0 Å². The van der Waals surface area contributed by atoms with E-state index in [1.165, 1.54) is 32.4 Å². The fourth-order valence-corrected chi connectivity index (χ4v) is 0.802. The van der Waals surface area contributed by atoms with Crippen LogP contribution >= 0.6 is 0 Å². The molecule has 9 heavy (non-hydrogen) atoms. The summed E-state index contributed by atoms with van der Waals surface area (Å²) >= 11 is 0. The maximum atomic E-state index is 4.25. The van der Waals surface area contributed by atoms with E-state index in [0.29, 0.717) is 0 Å². The zero-order valence-corrected chi connectivity index (χ0v) is 5.65. The normalized spacial score (nSPS) is 24.0. The molecule has 2 aliphatic heterocycles. The summed E-state index contributed by atoms with van der Waals surface area (Å²) in [6, 6.07) is 0. The molecule has 0 saturated carbocycles. The molecular weight excluding hydrogens is 116 g/mol. The predicted molar refractivity (Wildman–Crippen MR) is 35.8 cm³/mol. The van der Waals surface area contributed by atoms with Crippen LogP contribution < -0.4 is 10.8 Å². The second-order valence-electron chi connectivity index (χ2n) is 2.24. The Bertz CT molecular complexity index is 47.8. The summed E-state index contributed by atoms with van der Waals surface area (Å²) in [5.74, 6) is 0. The largest absolute Gasteiger partial charge is 0.317 e. The van der Waals surface area contributed by atoms with Gasteiger partial charge in [0.2, 0.25) is 0 Å². The van der Waals surface area contributed by atoms with Crippen molar-refractivity contribution in [1.82, 2.24) is 10.8 Å². The summed E-state index contributed by atoms with van der Waals surface area (Å²) in [5.41, 5.74) is 2.50. The molecule has 2 heterocycles. The van der Waals surface area contributed by atoms with Gasteiger partial charge in [0.25, 0.3) is 0 Å². The lowest BCUT2D eigenvalue weighted by atomic mass is 10.2. The molecule has 0 aromatic carbocycles. The number of nitrogens with one attached hydrogen (secondary N) is 2. The minimum Gasteiger partial charge on any atom is -0.317 e. The fourth-order valence-electron chi connectivity index (χ4n) is 0.802. The van der Waals surface area contributed by atoms with E-state index in [9.17, 15) is 0 Å². The first-order chi connectivity index (χ1) is 4.50. The van der Waals surface area contributed by atoms with E-state index in [4.69, 9.17) is 0 Å². The predicted octanol–water partition coefficient (Wildman–Crippen LogP) is 0.239. The van der Waals surface area contributed by atoms with Crippen molar-refractivity contribution >= 4 is 0 Å². The highest BCUT2D eigenvalue weighted by molar-refractivity contribution is 4.55. The van der Waals surface area contributed by atoms with E-state index in [1.807, 2.05) is 0 Å². The smallest absolute Gasteiger partial charge is 0.141 e. The van der Waals surface area contributed by atoms with Gasteiger partial charge in [0.1, 0.15) is 6.73 Å². The van der Waals surface area contributed by atoms with E-state index < -0.39 is 0 Å². The maximum Gasteiger partial charge on any atom is 0.141 e. The highest BCUT2D eigenvalue weighted by Gasteiger charge is 1.93. The Morgan fingerprint density at radius 3 is 1.67 bits per heavy atom. The molecule has 0 unspecified atom stereocenters. The van der Waals surface area contributed by atoms with Gasteiger partial charge in [-0.1, -0.05) is 6.42 Å². The van der Waals surface area contributed by atoms with Crippen LogP contribution in [0.2, 0.25) is 0 Å². The van der Waals surface area contributed by atoms with Gasteiger partial charge >= 0.3 is 0 Å². The molecule has 54 valence electrons. The summed E-state index contributed by atoms with van der Waals surface area (Å²) in [4.78, 5) is 4.25. The molecule has 0 spiro atoms. The number of hydroxylamine groups is 1. The summed E-state index contributed by atoms with van der Waals surface area (Å²) in [5, 5.41) is 3.28. The van der Waals surface area contributed by atoms with Gasteiger partial charge in [-0.15, -0.1) is 0 Å². The van der Waals surface area contributed by atoms with E-state index >= 15 is 0 Å². The zero-order valence-electron chi connectivity index (χ0n) is 5.65. The molecule has 0 aromatic rings. The summed E-state index contributed by atoms with van der Waals surface area (Å²) in [7, 11) is 0. The van der Waals surface area contributed by atoms with Crippen LogP contribution in [0.15, 0.2) is 0 Å². The molecule has 0 aromatic heterocycles. The molecule has 2 saturated heterocycles. The topological polar surface area (TPSA) is 46.5 Å². The van der Waals surface area contributed by atoms with E-state index in [2.05, 4.69) is 15.6 Å². The average Bonchev–Trinajstić information content (AvgIpc) is 2.76. The minimum atomic E-state index is 0.750. The summed E-state index contributed by atoms with van der Waals surface area (Å²) < 4.78 is 0. The summed E-state index contributed by atoms with van der Waals surface area (Å²) in [6.07, 6.45) is 4.22. The van der Waals surface area contributed by atoms with Crippen molar-refractivity contribution in [3.63, 3.8) is 0 Å². The third-order valence-corrected chi connectivity index (χ3v) is 1.35. The molecule has 2 N–H and O–H groups in total. The summed E-state index contributed by atoms with van der Waals surface area (Å²) in [6.45, 7) is 3.25. The Morgan fingerprint density at radius 2 is 1.56 bits per heavy atom. The lowest BCUT2D eigenvalue weighted by Gasteiger charge is -2.08. The molecule has 0 radical (unpaired) electrons. The van der Waals surface area contributed by atoms with Gasteiger partial charge in [-0.25, -0.2) is 0 Å². The van der Waals surface area contributed by atoms with Gasteiger partial charge in [0, 0.05) is 0 Å². The highest BCUT2D eigenvalue weighted by atomic mass is 16.8. The SMILES string of the molecule is C1CCNCC1.C1NO1. The van der Waals surface area contributed by atoms with Gasteiger partial charge in [-0.05, 0) is 25.9 Å². The molecule has 0 amide bonds. The Kier molecular flexibility index (Phi) is 3.68. The first kappa shape index (κ1) is 6.99. The van der Waals surface area contributed by atoms with Crippen LogP contribution in [0, 0.1) is 0 Å². The molecule has 0 aliphatic carbocycles. The third kappa shape index (κ3) is 5.76. The maximum absolute atomic E-state index is 4.25. The van der Waals surface area contributed by atoms with Gasteiger partial charge in [-0.3, -0.25) is 4.84 Å². The molecule has 3 nitrogen and oxygen atoms in total. The first-order valence-electron chi connectivity index (χ1n) is 3.55. The van der Waals surface area contributed by atoms with Crippen molar-refractivity contribution in [3.8, 4) is 0 Å². The molecule has 0 bridgehead atoms. The Morgan fingerprint density at radius 1 is 1.00 bits per heavy atom. The molecule has 3 heteroatoms. The lowest BCUT2D eigenvalue weighted by Crippen LogP contribution is -2.21. The second-order valence-corrected chi connectivity index (χ2v) is 2.24. The van der Waals surface area contributed by atoms with Crippen molar-refractivity contribution in [2.24, 2.45) is 0 Å². The van der Waals surface area contributed by atoms with Crippen LogP contribution in [0.4, 0.5) is 0 Å². The second kappa shape index (κ2) is 4.73. The lowest BCUT2D eigenvalue weighted by molar-refractivity contribution is 0.412. The van der Waals surface area contributed by atoms with Gasteiger partial charge < -0.3 is 5.32 Å². The van der Waals surface area contributed by atoms with Gasteiger partial charge in [-0.2, -0.15) is 5.48 Å². The number of hydrogen-bond donors (Lipinski definition) is 2. The highest BCUT2D eigenvalue weighted by Crippen LogP contribution is 1.96. The van der Waals surface area contributed by atoms with E-state index in [1.54, 1.807) is 0 Å². The monoisotopic (exact) mass is 130 g/mol. The van der Waals surface area contributed by atoms with Crippen LogP contribution in [-0.4, -0.2) is 19.8 Å². The number of hydrogen-bond acceptors (Lipinski definition) is 3. The van der Waals surface area contributed by atoms with Crippen molar-refractivity contribution in [2.45, 2.75) is 19.3 Å². The molecule has 2 fully saturated rings. The van der Waals surface area contributed by atoms with Gasteiger partial charge in [0.15, 0.2) is 0 Å². The van der Waals surface area contributed by atoms with E-state index in [0.717, 1.165) is 6.73 Å². The first-order valence-corrected chi connectivity index (χ1v) is 3.55. The van der Waals surface area contributed by atoms with Crippen LogP contribution in [0.1, 0.15) is 19.3 Å². The van der Waals surface area contributed by atoms with Crippen LogP contribution in [0.5, 0.6) is 0 Å². The van der Waals surface area contributed by atoms with Crippen LogP contribution in [-0.2, 0) is 4.84 Å². The van der Waals surface area contributed by atoms with Crippen molar-refractivity contribution in [2.75, 3.05) is 19.8 Å². The molecule has 0 atom stereocenters. The fraction of sp³-hybridized carbons (Fsp3) is 1.00. The molecule has 2 aliphatic rings. The van der Waals surface area contributed by atoms with Gasteiger partial charge in [0.05, 0.1) is 0 Å².